The summed E-state index contributed by atoms with van der Waals surface area (Å²) in [6.07, 6.45) is 1.69. The summed E-state index contributed by atoms with van der Waals surface area (Å²) < 4.78 is 0. The van der Waals surface area contributed by atoms with Crippen molar-refractivity contribution in [1.82, 2.24) is 15.5 Å². The molecule has 1 heterocycles. The number of carbonyl (C=O) groups excluding carboxylic acids is 1. The Morgan fingerprint density at radius 1 is 1.39 bits per heavy atom. The minimum absolute atomic E-state index is 0.0361. The lowest BCUT2D eigenvalue weighted by Gasteiger charge is -2.21. The average Bonchev–Trinajstić information content (AvgIpc) is 2.25. The number of hydrogen-bond acceptors (Lipinski definition) is 4. The van der Waals surface area contributed by atoms with Crippen molar-refractivity contribution in [3.63, 3.8) is 0 Å². The Hall–Kier alpha value is -1.98. The SMILES string of the molecule is CC(C)(CC(=O)O)CC(=O)NCc1cccnn1. The minimum Gasteiger partial charge on any atom is -0.481 e. The minimum atomic E-state index is -0.901. The van der Waals surface area contributed by atoms with Crippen molar-refractivity contribution in [2.45, 2.75) is 33.2 Å². The number of aliphatic carboxylic acids is 1. The predicted octanol–water partition coefficient (Wildman–Crippen LogP) is 0.984. The van der Waals surface area contributed by atoms with Crippen LogP contribution in [0.25, 0.3) is 0 Å². The van der Waals surface area contributed by atoms with Gasteiger partial charge in [0.1, 0.15) is 0 Å². The third-order valence-electron chi connectivity index (χ3n) is 2.36. The third-order valence-corrected chi connectivity index (χ3v) is 2.36. The second kappa shape index (κ2) is 6.09. The summed E-state index contributed by atoms with van der Waals surface area (Å²) in [6.45, 7) is 3.81. The maximum atomic E-state index is 11.7. The molecule has 2 N–H and O–H groups in total. The number of nitrogens with zero attached hydrogens (tertiary/aromatic N) is 2. The number of aromatic nitrogens is 2. The monoisotopic (exact) mass is 251 g/mol. The van der Waals surface area contributed by atoms with Gasteiger partial charge in [0.05, 0.1) is 18.7 Å². The maximum absolute atomic E-state index is 11.7. The Bertz CT molecular complexity index is 418. The van der Waals surface area contributed by atoms with Gasteiger partial charge in [0.15, 0.2) is 0 Å². The van der Waals surface area contributed by atoms with Gasteiger partial charge in [-0.25, -0.2) is 0 Å². The number of rotatable bonds is 6. The topological polar surface area (TPSA) is 92.2 Å². The van der Waals surface area contributed by atoms with Gasteiger partial charge < -0.3 is 10.4 Å². The molecule has 0 aliphatic rings. The second-order valence-electron chi connectivity index (χ2n) is 4.90. The van der Waals surface area contributed by atoms with Crippen LogP contribution in [-0.4, -0.2) is 27.2 Å². The van der Waals surface area contributed by atoms with Gasteiger partial charge in [0.25, 0.3) is 0 Å². The van der Waals surface area contributed by atoms with Gasteiger partial charge in [-0.05, 0) is 17.5 Å². The van der Waals surface area contributed by atoms with Gasteiger partial charge >= 0.3 is 5.97 Å². The van der Waals surface area contributed by atoms with Crippen molar-refractivity contribution in [3.8, 4) is 0 Å². The van der Waals surface area contributed by atoms with Crippen LogP contribution in [0.1, 0.15) is 32.4 Å². The lowest BCUT2D eigenvalue weighted by atomic mass is 9.85. The van der Waals surface area contributed by atoms with E-state index in [2.05, 4.69) is 15.5 Å². The maximum Gasteiger partial charge on any atom is 0.303 e. The highest BCUT2D eigenvalue weighted by Crippen LogP contribution is 2.24. The fraction of sp³-hybridized carbons (Fsp3) is 0.500. The Morgan fingerprint density at radius 2 is 2.11 bits per heavy atom. The highest BCUT2D eigenvalue weighted by atomic mass is 16.4. The summed E-state index contributed by atoms with van der Waals surface area (Å²) in [6, 6.07) is 3.50. The van der Waals surface area contributed by atoms with E-state index in [1.165, 1.54) is 0 Å². The van der Waals surface area contributed by atoms with Gasteiger partial charge in [0.2, 0.25) is 5.91 Å². The van der Waals surface area contributed by atoms with Crippen LogP contribution in [-0.2, 0) is 16.1 Å². The molecule has 1 aromatic rings. The lowest BCUT2D eigenvalue weighted by molar-refractivity contribution is -0.139. The molecule has 0 aliphatic carbocycles. The highest BCUT2D eigenvalue weighted by Gasteiger charge is 2.25. The van der Waals surface area contributed by atoms with Gasteiger partial charge in [-0.15, -0.1) is 0 Å². The van der Waals surface area contributed by atoms with Crippen molar-refractivity contribution in [2.75, 3.05) is 0 Å². The lowest BCUT2D eigenvalue weighted by Crippen LogP contribution is -2.30. The number of carboxylic acids is 1. The van der Waals surface area contributed by atoms with Gasteiger partial charge in [-0.2, -0.15) is 10.2 Å². The normalized spacial score (nSPS) is 11.0. The largest absolute Gasteiger partial charge is 0.481 e. The molecular weight excluding hydrogens is 234 g/mol. The molecule has 1 rings (SSSR count). The molecule has 0 saturated carbocycles. The molecule has 0 radical (unpaired) electrons. The van der Waals surface area contributed by atoms with Crippen molar-refractivity contribution in [2.24, 2.45) is 5.41 Å². The van der Waals surface area contributed by atoms with Crippen LogP contribution in [0, 0.1) is 5.41 Å². The second-order valence-corrected chi connectivity index (χ2v) is 4.90. The van der Waals surface area contributed by atoms with E-state index in [-0.39, 0.29) is 18.7 Å². The van der Waals surface area contributed by atoms with Crippen molar-refractivity contribution in [3.05, 3.63) is 24.0 Å². The molecule has 0 aliphatic heterocycles. The molecular formula is C12H17N3O3. The summed E-state index contributed by atoms with van der Waals surface area (Å²) in [5.74, 6) is -1.09. The van der Waals surface area contributed by atoms with Gasteiger partial charge in [-0.1, -0.05) is 13.8 Å². The van der Waals surface area contributed by atoms with Crippen LogP contribution >= 0.6 is 0 Å². The van der Waals surface area contributed by atoms with E-state index in [0.717, 1.165) is 0 Å². The van der Waals surface area contributed by atoms with Crippen molar-refractivity contribution < 1.29 is 14.7 Å². The molecule has 98 valence electrons. The van der Waals surface area contributed by atoms with Crippen LogP contribution in [0.5, 0.6) is 0 Å². The van der Waals surface area contributed by atoms with Gasteiger partial charge in [-0.3, -0.25) is 9.59 Å². The quantitative estimate of drug-likeness (QED) is 0.786. The standard InChI is InChI=1S/C12H17N3O3/c1-12(2,7-11(17)18)6-10(16)13-8-9-4-3-5-14-15-9/h3-5H,6-8H2,1-2H3,(H,13,16)(H,17,18). The summed E-state index contributed by atoms with van der Waals surface area (Å²) >= 11 is 0. The van der Waals surface area contributed by atoms with E-state index in [9.17, 15) is 9.59 Å². The van der Waals surface area contributed by atoms with Gasteiger partial charge in [0, 0.05) is 12.6 Å². The number of nitrogens with one attached hydrogen (secondary N) is 1. The first-order chi connectivity index (χ1) is 8.39. The first-order valence-corrected chi connectivity index (χ1v) is 5.64. The Morgan fingerprint density at radius 3 is 2.67 bits per heavy atom. The predicted molar refractivity (Wildman–Crippen MR) is 64.5 cm³/mol. The smallest absolute Gasteiger partial charge is 0.303 e. The zero-order valence-corrected chi connectivity index (χ0v) is 10.5. The Kier molecular flexibility index (Phi) is 4.76. The molecule has 18 heavy (non-hydrogen) atoms. The van der Waals surface area contributed by atoms with E-state index in [1.807, 2.05) is 0 Å². The van der Waals surface area contributed by atoms with E-state index in [0.29, 0.717) is 12.2 Å². The number of amides is 1. The van der Waals surface area contributed by atoms with Crippen molar-refractivity contribution in [1.29, 1.82) is 0 Å². The molecule has 0 unspecified atom stereocenters. The molecule has 6 nitrogen and oxygen atoms in total. The first-order valence-electron chi connectivity index (χ1n) is 5.64. The summed E-state index contributed by atoms with van der Waals surface area (Å²) in [4.78, 5) is 22.3. The average molecular weight is 251 g/mol. The summed E-state index contributed by atoms with van der Waals surface area (Å²) in [7, 11) is 0. The molecule has 0 fully saturated rings. The van der Waals surface area contributed by atoms with E-state index >= 15 is 0 Å². The van der Waals surface area contributed by atoms with Crippen LogP contribution in [0.4, 0.5) is 0 Å². The van der Waals surface area contributed by atoms with Crippen LogP contribution < -0.4 is 5.32 Å². The van der Waals surface area contributed by atoms with Crippen molar-refractivity contribution >= 4 is 11.9 Å². The summed E-state index contributed by atoms with van der Waals surface area (Å²) in [5, 5.41) is 18.9. The number of carbonyl (C=O) groups is 2. The number of carboxylic acid groups (broad SMARTS) is 1. The Balaban J connectivity index is 2.40. The van der Waals surface area contributed by atoms with E-state index < -0.39 is 11.4 Å². The molecule has 6 heteroatoms. The molecule has 0 bridgehead atoms. The fourth-order valence-corrected chi connectivity index (χ4v) is 1.59. The molecule has 1 amide bonds. The van der Waals surface area contributed by atoms with E-state index in [1.54, 1.807) is 32.2 Å². The summed E-state index contributed by atoms with van der Waals surface area (Å²) in [5.41, 5.74) is 0.111. The van der Waals surface area contributed by atoms with Crippen LogP contribution in [0.15, 0.2) is 18.3 Å². The van der Waals surface area contributed by atoms with Crippen LogP contribution in [0.3, 0.4) is 0 Å². The zero-order valence-electron chi connectivity index (χ0n) is 10.5. The molecule has 1 aromatic heterocycles. The van der Waals surface area contributed by atoms with E-state index in [4.69, 9.17) is 5.11 Å². The molecule has 0 spiro atoms. The zero-order chi connectivity index (χ0) is 13.6. The van der Waals surface area contributed by atoms with Crippen LogP contribution in [0.2, 0.25) is 0 Å². The number of hydrogen-bond donors (Lipinski definition) is 2. The third kappa shape index (κ3) is 5.38. The first kappa shape index (κ1) is 14.1. The molecule has 0 aromatic carbocycles. The Labute approximate surface area is 105 Å². The molecule has 0 atom stereocenters. The molecule has 0 saturated heterocycles. The highest BCUT2D eigenvalue weighted by molar-refractivity contribution is 5.77. The fourth-order valence-electron chi connectivity index (χ4n) is 1.59.